The number of carbonyl (C=O) groups is 1. The quantitative estimate of drug-likeness (QED) is 0.101. The number of hydrogen-bond donors (Lipinski definition) is 2. The van der Waals surface area contributed by atoms with Crippen LogP contribution in [-0.4, -0.2) is 70.8 Å². The van der Waals surface area contributed by atoms with Crippen molar-refractivity contribution in [3.8, 4) is 21.8 Å². The minimum atomic E-state index is -0.326. The molecule has 0 radical (unpaired) electrons. The molecule has 0 spiro atoms. The Morgan fingerprint density at radius 2 is 1.57 bits per heavy atom. The van der Waals surface area contributed by atoms with E-state index in [0.717, 1.165) is 85.5 Å². The highest BCUT2D eigenvalue weighted by Crippen LogP contribution is 2.42. The molecule has 2 aliphatic heterocycles. The third-order valence-electron chi connectivity index (χ3n) is 9.94. The first-order valence-corrected chi connectivity index (χ1v) is 20.7. The minimum Gasteiger partial charge on any atom is -0.371 e. The maximum absolute atomic E-state index is 15.9. The molecule has 0 unspecified atom stereocenters. The summed E-state index contributed by atoms with van der Waals surface area (Å²) in [4.78, 5) is 35.4. The van der Waals surface area contributed by atoms with E-state index in [2.05, 4.69) is 93.8 Å². The summed E-state index contributed by atoms with van der Waals surface area (Å²) in [5, 5.41) is 4.27. The highest BCUT2D eigenvalue weighted by molar-refractivity contribution is 8.00. The average molecular weight is 765 g/mol. The number of hydrogen-bond acceptors (Lipinski definition) is 10. The number of carbonyl (C=O) groups excluding carboxylic acids is 1. The first kappa shape index (κ1) is 37.6. The molecule has 2 aliphatic rings. The van der Waals surface area contributed by atoms with E-state index < -0.39 is 0 Å². The molecule has 2 fully saturated rings. The van der Waals surface area contributed by atoms with E-state index in [1.54, 1.807) is 18.3 Å². The number of piperazine rings is 1. The van der Waals surface area contributed by atoms with Crippen LogP contribution < -0.4 is 19.8 Å². The van der Waals surface area contributed by atoms with E-state index in [1.807, 2.05) is 30.3 Å². The fourth-order valence-electron chi connectivity index (χ4n) is 6.92. The van der Waals surface area contributed by atoms with Crippen LogP contribution >= 0.6 is 23.3 Å². The molecule has 0 aliphatic carbocycles. The van der Waals surface area contributed by atoms with Crippen molar-refractivity contribution in [2.45, 2.75) is 52.4 Å². The Bertz CT molecular complexity index is 2020. The Labute approximate surface area is 326 Å². The summed E-state index contributed by atoms with van der Waals surface area (Å²) >= 11 is 3.04. The van der Waals surface area contributed by atoms with Crippen molar-refractivity contribution in [2.75, 3.05) is 64.9 Å². The molecule has 0 atom stereocenters. The van der Waals surface area contributed by atoms with Crippen molar-refractivity contribution in [1.82, 2.24) is 19.9 Å². The summed E-state index contributed by atoms with van der Waals surface area (Å²) < 4.78 is 19.1. The van der Waals surface area contributed by atoms with Crippen molar-refractivity contribution in [1.29, 1.82) is 0 Å². The molecule has 3 aromatic carbocycles. The van der Waals surface area contributed by atoms with Crippen LogP contribution in [0.5, 0.6) is 0 Å². The number of aromatic nitrogens is 3. The smallest absolute Gasteiger partial charge is 0.227 e. The van der Waals surface area contributed by atoms with Crippen LogP contribution in [0.25, 0.3) is 21.8 Å². The zero-order valence-corrected chi connectivity index (χ0v) is 33.2. The molecule has 54 heavy (non-hydrogen) atoms. The largest absolute Gasteiger partial charge is 0.371 e. The van der Waals surface area contributed by atoms with Gasteiger partial charge in [-0.25, -0.2) is 19.3 Å². The molecule has 0 bridgehead atoms. The van der Waals surface area contributed by atoms with Gasteiger partial charge < -0.3 is 24.7 Å². The van der Waals surface area contributed by atoms with Gasteiger partial charge in [-0.3, -0.25) is 4.79 Å². The molecule has 4 heterocycles. The van der Waals surface area contributed by atoms with Crippen molar-refractivity contribution in [3.05, 3.63) is 95.9 Å². The monoisotopic (exact) mass is 764 g/mol. The molecule has 9 nitrogen and oxygen atoms in total. The highest BCUT2D eigenvalue weighted by Gasteiger charge is 2.31. The third kappa shape index (κ3) is 8.65. The maximum Gasteiger partial charge on any atom is 0.227 e. The second-order valence-electron chi connectivity index (χ2n) is 14.9. The van der Waals surface area contributed by atoms with Crippen LogP contribution in [0.2, 0.25) is 0 Å². The number of anilines is 5. The molecular weight excluding hydrogens is 716 g/mol. The molecule has 7 rings (SSSR count). The van der Waals surface area contributed by atoms with Crippen molar-refractivity contribution in [3.63, 3.8) is 0 Å². The van der Waals surface area contributed by atoms with E-state index in [0.29, 0.717) is 34.5 Å². The fraction of sp³-hybridized carbons (Fsp3) is 0.381. The van der Waals surface area contributed by atoms with Gasteiger partial charge in [-0.2, -0.15) is 0 Å². The lowest BCUT2D eigenvalue weighted by molar-refractivity contribution is -0.136. The van der Waals surface area contributed by atoms with E-state index in [9.17, 15) is 4.79 Å². The molecule has 2 saturated heterocycles. The van der Waals surface area contributed by atoms with Crippen molar-refractivity contribution >= 4 is 57.9 Å². The van der Waals surface area contributed by atoms with Gasteiger partial charge in [0.25, 0.3) is 0 Å². The Morgan fingerprint density at radius 1 is 0.870 bits per heavy atom. The first-order valence-electron chi connectivity index (χ1n) is 18.9. The number of piperidine rings is 1. The summed E-state index contributed by atoms with van der Waals surface area (Å²) in [5.41, 5.74) is 5.15. The second kappa shape index (κ2) is 16.8. The number of halogens is 1. The molecule has 2 N–H and O–H groups in total. The highest BCUT2D eigenvalue weighted by atomic mass is 32.2. The predicted molar refractivity (Wildman–Crippen MR) is 224 cm³/mol. The van der Waals surface area contributed by atoms with Gasteiger partial charge in [0.1, 0.15) is 0 Å². The van der Waals surface area contributed by atoms with Crippen molar-refractivity contribution < 1.29 is 9.18 Å². The Kier molecular flexibility index (Phi) is 11.7. The van der Waals surface area contributed by atoms with Gasteiger partial charge in [-0.1, -0.05) is 63.9 Å². The van der Waals surface area contributed by atoms with Crippen LogP contribution in [0, 0.1) is 11.7 Å². The third-order valence-corrected chi connectivity index (χ3v) is 12.4. The number of amides is 1. The molecule has 12 heteroatoms. The van der Waals surface area contributed by atoms with Gasteiger partial charge in [0.05, 0.1) is 27.0 Å². The summed E-state index contributed by atoms with van der Waals surface area (Å²) in [6.45, 7) is 13.4. The Balaban J connectivity index is 0.990. The van der Waals surface area contributed by atoms with Gasteiger partial charge in [0, 0.05) is 85.2 Å². The summed E-state index contributed by atoms with van der Waals surface area (Å²) in [6, 6.07) is 26.0. The van der Waals surface area contributed by atoms with E-state index in [4.69, 9.17) is 9.97 Å². The number of thiazole rings is 1. The van der Waals surface area contributed by atoms with Crippen molar-refractivity contribution in [2.24, 2.45) is 5.92 Å². The molecular formula is C42H49FN8OS2. The molecule has 2 aromatic heterocycles. The first-order chi connectivity index (χ1) is 26.2. The van der Waals surface area contributed by atoms with Crippen LogP contribution in [0.15, 0.2) is 85.1 Å². The van der Waals surface area contributed by atoms with Crippen LogP contribution in [0.1, 0.15) is 52.0 Å². The van der Waals surface area contributed by atoms with Gasteiger partial charge in [-0.05, 0) is 73.9 Å². The SMILES string of the molecule is CCCSNc1cccc(-c2nc(C(C)(C)C)sc2-c2ccnc(Nc3ccc(N4CCN(C(=O)C5CCN(c6ccccc6)CC5)CC4)cc3)n2)c1F. The second-order valence-corrected chi connectivity index (χ2v) is 16.8. The average Bonchev–Trinajstić information content (AvgIpc) is 3.66. The summed E-state index contributed by atoms with van der Waals surface area (Å²) in [7, 11) is 0. The number of nitrogens with zero attached hydrogens (tertiary/aromatic N) is 6. The molecule has 282 valence electrons. The van der Waals surface area contributed by atoms with Crippen LogP contribution in [0.4, 0.5) is 33.1 Å². The van der Waals surface area contributed by atoms with Crippen LogP contribution in [0.3, 0.4) is 0 Å². The van der Waals surface area contributed by atoms with Gasteiger partial charge >= 0.3 is 0 Å². The zero-order chi connectivity index (χ0) is 37.7. The zero-order valence-electron chi connectivity index (χ0n) is 31.5. The lowest BCUT2D eigenvalue weighted by Crippen LogP contribution is -2.51. The molecule has 1 amide bonds. The fourth-order valence-corrected chi connectivity index (χ4v) is 8.64. The number of para-hydroxylation sites is 1. The topological polar surface area (TPSA) is 89.5 Å². The summed E-state index contributed by atoms with van der Waals surface area (Å²) in [6.07, 6.45) is 4.53. The maximum atomic E-state index is 15.9. The van der Waals surface area contributed by atoms with E-state index >= 15 is 4.39 Å². The lowest BCUT2D eigenvalue weighted by Gasteiger charge is -2.39. The molecule has 0 saturated carbocycles. The van der Waals surface area contributed by atoms with Gasteiger partial charge in [0.2, 0.25) is 11.9 Å². The van der Waals surface area contributed by atoms with Gasteiger partial charge in [0.15, 0.2) is 5.82 Å². The van der Waals surface area contributed by atoms with E-state index in [1.165, 1.54) is 29.0 Å². The number of benzene rings is 3. The summed E-state index contributed by atoms with van der Waals surface area (Å²) in [5.74, 6) is 1.42. The molecule has 5 aromatic rings. The number of rotatable bonds is 11. The Morgan fingerprint density at radius 3 is 2.28 bits per heavy atom. The number of nitrogens with one attached hydrogen (secondary N) is 2. The predicted octanol–water partition coefficient (Wildman–Crippen LogP) is 9.48. The standard InChI is InChI=1S/C42H49FN8OS2/c1-5-28-53-48-34-13-9-12-33(36(34)43)37-38(54-40(47-37)42(2,3)4)35-18-21-44-41(46-35)45-30-14-16-32(17-15-30)50-24-26-51(27-25-50)39(52)29-19-22-49(23-20-29)31-10-7-6-8-11-31/h6-18,21,29,48H,5,19-20,22-28H2,1-4H3,(H,44,45,46). The van der Waals surface area contributed by atoms with E-state index in [-0.39, 0.29) is 17.2 Å². The Hall–Kier alpha value is -4.68. The van der Waals surface area contributed by atoms with Crippen LogP contribution in [-0.2, 0) is 10.2 Å². The normalized spacial score (nSPS) is 15.4. The minimum absolute atomic E-state index is 0.106. The van der Waals surface area contributed by atoms with Gasteiger partial charge in [-0.15, -0.1) is 11.3 Å². The lowest BCUT2D eigenvalue weighted by atomic mass is 9.94.